The minimum atomic E-state index is 0.205. The van der Waals surface area contributed by atoms with E-state index in [2.05, 4.69) is 69.6 Å². The van der Waals surface area contributed by atoms with Crippen molar-refractivity contribution >= 4 is 22.6 Å². The zero-order chi connectivity index (χ0) is 24.5. The van der Waals surface area contributed by atoms with Crippen LogP contribution in [-0.4, -0.2) is 78.0 Å². The van der Waals surface area contributed by atoms with E-state index < -0.39 is 0 Å². The Morgan fingerprint density at radius 2 is 1.74 bits per heavy atom. The van der Waals surface area contributed by atoms with Crippen molar-refractivity contribution in [3.8, 4) is 0 Å². The van der Waals surface area contributed by atoms with E-state index in [0.29, 0.717) is 32.5 Å². The predicted molar refractivity (Wildman–Crippen MR) is 141 cm³/mol. The first kappa shape index (κ1) is 25.3. The van der Waals surface area contributed by atoms with Gasteiger partial charge in [0.05, 0.1) is 6.61 Å². The molecule has 186 valence electrons. The van der Waals surface area contributed by atoms with Gasteiger partial charge in [-0.25, -0.2) is 4.98 Å². The number of methoxy groups -OCH3 is 1. The molecule has 2 heterocycles. The summed E-state index contributed by atoms with van der Waals surface area (Å²) in [6, 6.07) is 19.0. The van der Waals surface area contributed by atoms with E-state index in [1.165, 1.54) is 28.2 Å². The molecule has 7 nitrogen and oxygen atoms in total. The average molecular weight is 494 g/mol. The Morgan fingerprint density at radius 1 is 1.00 bits per heavy atom. The number of nitrogens with zero attached hydrogens (tertiary/aromatic N) is 5. The van der Waals surface area contributed by atoms with Gasteiger partial charge in [-0.15, -0.1) is 0 Å². The van der Waals surface area contributed by atoms with E-state index >= 15 is 0 Å². The van der Waals surface area contributed by atoms with Gasteiger partial charge in [0, 0.05) is 77.3 Å². The zero-order valence-electron chi connectivity index (χ0n) is 20.7. The molecular weight excluding hydrogens is 458 g/mol. The summed E-state index contributed by atoms with van der Waals surface area (Å²) in [4.78, 5) is 24.3. The normalized spacial score (nSPS) is 14.3. The van der Waals surface area contributed by atoms with Gasteiger partial charge < -0.3 is 14.5 Å². The minimum Gasteiger partial charge on any atom is -0.383 e. The molecular formula is C27H35N5O2S. The summed E-state index contributed by atoms with van der Waals surface area (Å²) < 4.78 is 9.87. The molecule has 3 aromatic rings. The first-order chi connectivity index (χ1) is 17.1. The second kappa shape index (κ2) is 12.8. The molecule has 0 atom stereocenters. The number of carbonyl (C=O) groups is 1. The van der Waals surface area contributed by atoms with Crippen LogP contribution in [-0.2, 0) is 22.5 Å². The number of ether oxygens (including phenoxy) is 1. The molecule has 1 aliphatic heterocycles. The van der Waals surface area contributed by atoms with E-state index in [0.717, 1.165) is 43.7 Å². The van der Waals surface area contributed by atoms with Crippen LogP contribution in [0.2, 0.25) is 0 Å². The van der Waals surface area contributed by atoms with Crippen molar-refractivity contribution in [1.29, 1.82) is 0 Å². The molecule has 1 fully saturated rings. The van der Waals surface area contributed by atoms with Crippen LogP contribution in [0.25, 0.3) is 0 Å². The lowest BCUT2D eigenvalue weighted by atomic mass is 10.1. The second-order valence-corrected chi connectivity index (χ2v) is 9.76. The number of benzene rings is 2. The number of aromatic nitrogens is 2. The molecule has 2 aromatic carbocycles. The van der Waals surface area contributed by atoms with Gasteiger partial charge in [-0.3, -0.25) is 9.69 Å². The van der Waals surface area contributed by atoms with Crippen molar-refractivity contribution in [2.24, 2.45) is 0 Å². The Morgan fingerprint density at radius 3 is 2.46 bits per heavy atom. The van der Waals surface area contributed by atoms with Crippen LogP contribution in [0, 0.1) is 6.92 Å². The highest BCUT2D eigenvalue weighted by molar-refractivity contribution is 7.09. The van der Waals surface area contributed by atoms with Gasteiger partial charge in [0.15, 0.2) is 0 Å². The standard InChI is InChI=1S/C27H35N5O2S/c1-22-8-10-23(11-9-22)20-25-28-27(35-29-25)32(18-19-34-2)13-12-26(33)31-16-14-30(15-17-31)21-24-6-4-3-5-7-24/h3-11H,12-21H2,1-2H3. The molecule has 0 unspecified atom stereocenters. The number of anilines is 1. The SMILES string of the molecule is COCCN(CCC(=O)N1CCN(Cc2ccccc2)CC1)c1nc(Cc2ccc(C)cc2)ns1. The predicted octanol–water partition coefficient (Wildman–Crippen LogP) is 3.62. The summed E-state index contributed by atoms with van der Waals surface area (Å²) in [5.74, 6) is 1.02. The van der Waals surface area contributed by atoms with Crippen LogP contribution >= 0.6 is 11.5 Å². The molecule has 0 N–H and O–H groups in total. The van der Waals surface area contributed by atoms with Crippen molar-refractivity contribution in [2.45, 2.75) is 26.3 Å². The van der Waals surface area contributed by atoms with E-state index in [1.54, 1.807) is 7.11 Å². The summed E-state index contributed by atoms with van der Waals surface area (Å²) in [6.45, 7) is 8.29. The second-order valence-electron chi connectivity index (χ2n) is 9.03. The Labute approximate surface area is 212 Å². The lowest BCUT2D eigenvalue weighted by Gasteiger charge is -2.35. The van der Waals surface area contributed by atoms with Gasteiger partial charge in [-0.05, 0) is 18.1 Å². The van der Waals surface area contributed by atoms with Crippen molar-refractivity contribution in [3.63, 3.8) is 0 Å². The van der Waals surface area contributed by atoms with Crippen LogP contribution < -0.4 is 4.90 Å². The molecule has 0 bridgehead atoms. The maximum absolute atomic E-state index is 13.0. The Bertz CT molecular complexity index is 1050. The highest BCUT2D eigenvalue weighted by Gasteiger charge is 2.22. The summed E-state index contributed by atoms with van der Waals surface area (Å²) in [7, 11) is 1.70. The van der Waals surface area contributed by atoms with Crippen LogP contribution in [0.1, 0.15) is 28.9 Å². The highest BCUT2D eigenvalue weighted by atomic mass is 32.1. The fraction of sp³-hybridized carbons (Fsp3) is 0.444. The van der Waals surface area contributed by atoms with E-state index in [1.807, 2.05) is 11.0 Å². The third-order valence-corrected chi connectivity index (χ3v) is 7.16. The van der Waals surface area contributed by atoms with Crippen LogP contribution in [0.5, 0.6) is 0 Å². The molecule has 0 aliphatic carbocycles. The summed E-state index contributed by atoms with van der Waals surface area (Å²) in [6.07, 6.45) is 1.18. The number of carbonyl (C=O) groups excluding carboxylic acids is 1. The molecule has 1 aromatic heterocycles. The quantitative estimate of drug-likeness (QED) is 0.407. The molecule has 1 amide bonds. The Hall–Kier alpha value is -2.81. The van der Waals surface area contributed by atoms with Crippen molar-refractivity contribution in [3.05, 3.63) is 77.1 Å². The monoisotopic (exact) mass is 493 g/mol. The lowest BCUT2D eigenvalue weighted by Crippen LogP contribution is -2.48. The fourth-order valence-electron chi connectivity index (χ4n) is 4.22. The molecule has 0 radical (unpaired) electrons. The third kappa shape index (κ3) is 7.59. The topological polar surface area (TPSA) is 61.8 Å². The van der Waals surface area contributed by atoms with Gasteiger partial charge in [-0.1, -0.05) is 60.2 Å². The van der Waals surface area contributed by atoms with Crippen LogP contribution in [0.3, 0.4) is 0 Å². The number of hydrogen-bond acceptors (Lipinski definition) is 7. The molecule has 8 heteroatoms. The molecule has 1 aliphatic rings. The number of rotatable bonds is 11. The van der Waals surface area contributed by atoms with Gasteiger partial charge in [-0.2, -0.15) is 4.37 Å². The number of hydrogen-bond donors (Lipinski definition) is 0. The molecule has 35 heavy (non-hydrogen) atoms. The molecule has 0 saturated carbocycles. The van der Waals surface area contributed by atoms with Crippen molar-refractivity contribution in [1.82, 2.24) is 19.2 Å². The summed E-state index contributed by atoms with van der Waals surface area (Å²) >= 11 is 1.40. The summed E-state index contributed by atoms with van der Waals surface area (Å²) in [5.41, 5.74) is 3.76. The third-order valence-electron chi connectivity index (χ3n) is 6.35. The fourth-order valence-corrected chi connectivity index (χ4v) is 4.96. The first-order valence-electron chi connectivity index (χ1n) is 12.3. The largest absolute Gasteiger partial charge is 0.383 e. The van der Waals surface area contributed by atoms with Gasteiger partial charge in [0.2, 0.25) is 11.0 Å². The number of aryl methyl sites for hydroxylation is 1. The zero-order valence-corrected chi connectivity index (χ0v) is 21.5. The van der Waals surface area contributed by atoms with Crippen molar-refractivity contribution < 1.29 is 9.53 Å². The maximum Gasteiger partial charge on any atom is 0.224 e. The molecule has 0 spiro atoms. The van der Waals surface area contributed by atoms with Crippen LogP contribution in [0.4, 0.5) is 5.13 Å². The average Bonchev–Trinajstić information content (AvgIpc) is 3.34. The summed E-state index contributed by atoms with van der Waals surface area (Å²) in [5, 5.41) is 0.852. The van der Waals surface area contributed by atoms with Crippen molar-refractivity contribution in [2.75, 3.05) is 57.9 Å². The molecule has 1 saturated heterocycles. The lowest BCUT2D eigenvalue weighted by molar-refractivity contribution is -0.132. The van der Waals surface area contributed by atoms with E-state index in [9.17, 15) is 4.79 Å². The smallest absolute Gasteiger partial charge is 0.224 e. The van der Waals surface area contributed by atoms with Gasteiger partial charge in [0.25, 0.3) is 0 Å². The van der Waals surface area contributed by atoms with E-state index in [-0.39, 0.29) is 5.91 Å². The van der Waals surface area contributed by atoms with Crippen LogP contribution in [0.15, 0.2) is 54.6 Å². The van der Waals surface area contributed by atoms with Gasteiger partial charge >= 0.3 is 0 Å². The maximum atomic E-state index is 13.0. The Balaban J connectivity index is 1.27. The number of amides is 1. The minimum absolute atomic E-state index is 0.205. The van der Waals surface area contributed by atoms with Gasteiger partial charge in [0.1, 0.15) is 5.82 Å². The first-order valence-corrected chi connectivity index (χ1v) is 13.0. The Kier molecular flexibility index (Phi) is 9.22. The van der Waals surface area contributed by atoms with E-state index in [4.69, 9.17) is 9.72 Å². The molecule has 4 rings (SSSR count). The highest BCUT2D eigenvalue weighted by Crippen LogP contribution is 2.20. The number of piperazine rings is 1.